The molecule has 0 saturated carbocycles. The van der Waals surface area contributed by atoms with Crippen molar-refractivity contribution >= 4 is 34.9 Å². The molecule has 1 amide bonds. The minimum Gasteiger partial charge on any atom is -0.456 e. The van der Waals surface area contributed by atoms with E-state index in [0.717, 1.165) is 36.5 Å². The number of nitrogens with one attached hydrogen (secondary N) is 1. The van der Waals surface area contributed by atoms with Gasteiger partial charge >= 0.3 is 5.97 Å². The van der Waals surface area contributed by atoms with Crippen molar-refractivity contribution < 1.29 is 24.0 Å². The molecular weight excluding hydrogens is 450 g/mol. The van der Waals surface area contributed by atoms with Gasteiger partial charge in [-0.3, -0.25) is 19.7 Å². The second-order valence-corrected chi connectivity index (χ2v) is 8.49. The third-order valence-corrected chi connectivity index (χ3v) is 5.59. The molecule has 0 bridgehead atoms. The zero-order valence-corrected chi connectivity index (χ0v) is 20.1. The molecule has 178 valence electrons. The Morgan fingerprint density at radius 3 is 2.39 bits per heavy atom. The number of hydrogen-bond donors (Lipinski definition) is 1. The fraction of sp³-hybridized carbons (Fsp3) is 0.435. The average molecular weight is 478 g/mol. The molecule has 1 atom stereocenters. The second kappa shape index (κ2) is 11.1. The third-order valence-electron chi connectivity index (χ3n) is 5.28. The molecule has 0 radical (unpaired) electrons. The van der Waals surface area contributed by atoms with Gasteiger partial charge in [-0.05, 0) is 38.3 Å². The second-order valence-electron chi connectivity index (χ2n) is 8.08. The number of benzene rings is 1. The van der Waals surface area contributed by atoms with E-state index in [4.69, 9.17) is 16.3 Å². The Hall–Kier alpha value is -3.20. The van der Waals surface area contributed by atoms with Gasteiger partial charge in [0.15, 0.2) is 6.61 Å². The molecule has 1 heterocycles. The molecule has 1 aromatic carbocycles. The van der Waals surface area contributed by atoms with E-state index in [0.29, 0.717) is 5.56 Å². The summed E-state index contributed by atoms with van der Waals surface area (Å²) < 4.78 is 7.27. The molecule has 2 aromatic rings. The molecule has 0 spiro atoms. The number of ketones is 1. The number of esters is 1. The van der Waals surface area contributed by atoms with E-state index in [1.807, 2.05) is 25.3 Å². The van der Waals surface area contributed by atoms with Crippen LogP contribution in [0.4, 0.5) is 5.69 Å². The van der Waals surface area contributed by atoms with Crippen LogP contribution in [0.15, 0.2) is 24.3 Å². The van der Waals surface area contributed by atoms with Gasteiger partial charge in [-0.2, -0.15) is 0 Å². The summed E-state index contributed by atoms with van der Waals surface area (Å²) in [6.45, 7) is 9.58. The van der Waals surface area contributed by atoms with Gasteiger partial charge in [0, 0.05) is 35.6 Å². The number of aryl methyl sites for hydroxylation is 1. The molecular formula is C23H28ClN3O6. The Morgan fingerprint density at radius 1 is 1.18 bits per heavy atom. The summed E-state index contributed by atoms with van der Waals surface area (Å²) in [4.78, 5) is 48.2. The lowest BCUT2D eigenvalue weighted by atomic mass is 10.0. The lowest BCUT2D eigenvalue weighted by Crippen LogP contribution is -2.45. The highest BCUT2D eigenvalue weighted by molar-refractivity contribution is 6.34. The van der Waals surface area contributed by atoms with E-state index in [2.05, 4.69) is 5.32 Å². The first kappa shape index (κ1) is 26.1. The van der Waals surface area contributed by atoms with Crippen molar-refractivity contribution in [1.29, 1.82) is 0 Å². The third kappa shape index (κ3) is 6.19. The van der Waals surface area contributed by atoms with Crippen LogP contribution in [-0.4, -0.2) is 39.8 Å². The van der Waals surface area contributed by atoms with Crippen LogP contribution >= 0.6 is 11.6 Å². The quantitative estimate of drug-likeness (QED) is 0.236. The molecule has 0 fully saturated rings. The number of nitro benzene ring substituents is 1. The van der Waals surface area contributed by atoms with Crippen molar-refractivity contribution in [2.75, 3.05) is 6.61 Å². The van der Waals surface area contributed by atoms with Crippen LogP contribution in [0.2, 0.25) is 5.02 Å². The number of halogens is 1. The minimum atomic E-state index is -1.04. The number of carbonyl (C=O) groups excluding carboxylic acids is 3. The van der Waals surface area contributed by atoms with Crippen LogP contribution < -0.4 is 5.32 Å². The standard InChI is InChI=1S/C23H28ClN3O6/c1-6-9-26-14(4)10-18(15(26)5)20(28)12-33-23(30)21(13(2)3)25-22(29)17-8-7-16(27(31)32)11-19(17)24/h7-8,10-11,13,21H,6,9,12H2,1-5H3,(H,25,29)/t21-/m0/s1. The van der Waals surface area contributed by atoms with E-state index in [9.17, 15) is 24.5 Å². The molecule has 1 aromatic heterocycles. The zero-order valence-electron chi connectivity index (χ0n) is 19.3. The number of Topliss-reactive ketones (excluding diaryl/α,β-unsaturated/α-hetero) is 1. The number of nitrogens with zero attached hydrogens (tertiary/aromatic N) is 2. The molecule has 0 aliphatic rings. The normalized spacial score (nSPS) is 11.8. The summed E-state index contributed by atoms with van der Waals surface area (Å²) in [5.41, 5.74) is 2.00. The first-order valence-electron chi connectivity index (χ1n) is 10.6. The van der Waals surface area contributed by atoms with Crippen molar-refractivity contribution in [3.8, 4) is 0 Å². The number of carbonyl (C=O) groups is 3. The number of rotatable bonds is 10. The number of amides is 1. The molecule has 0 aliphatic heterocycles. The largest absolute Gasteiger partial charge is 0.456 e. The average Bonchev–Trinajstić information content (AvgIpc) is 3.03. The van der Waals surface area contributed by atoms with Crippen LogP contribution in [0.3, 0.4) is 0 Å². The predicted molar refractivity (Wildman–Crippen MR) is 124 cm³/mol. The molecule has 0 saturated heterocycles. The van der Waals surface area contributed by atoms with E-state index in [1.54, 1.807) is 19.9 Å². The van der Waals surface area contributed by atoms with Crippen LogP contribution in [0.1, 0.15) is 59.3 Å². The smallest absolute Gasteiger partial charge is 0.329 e. The number of nitro groups is 1. The van der Waals surface area contributed by atoms with Gasteiger partial charge < -0.3 is 14.6 Å². The highest BCUT2D eigenvalue weighted by atomic mass is 35.5. The molecule has 0 aliphatic carbocycles. The Kier molecular flexibility index (Phi) is 8.76. The Labute approximate surface area is 197 Å². The summed E-state index contributed by atoms with van der Waals surface area (Å²) in [5.74, 6) is -2.11. The summed E-state index contributed by atoms with van der Waals surface area (Å²) in [7, 11) is 0. The summed E-state index contributed by atoms with van der Waals surface area (Å²) in [6.07, 6.45) is 0.924. The Bertz CT molecular complexity index is 1080. The van der Waals surface area contributed by atoms with Crippen LogP contribution in [0.5, 0.6) is 0 Å². The minimum absolute atomic E-state index is 0.0137. The van der Waals surface area contributed by atoms with Gasteiger partial charge in [0.05, 0.1) is 15.5 Å². The van der Waals surface area contributed by atoms with Crippen molar-refractivity contribution in [3.05, 3.63) is 61.9 Å². The SMILES string of the molecule is CCCn1c(C)cc(C(=O)COC(=O)[C@@H](NC(=O)c2ccc([N+](=O)[O-])cc2Cl)C(C)C)c1C. The molecule has 9 nitrogen and oxygen atoms in total. The zero-order chi connectivity index (χ0) is 24.9. The van der Waals surface area contributed by atoms with Gasteiger partial charge in [0.2, 0.25) is 5.78 Å². The van der Waals surface area contributed by atoms with Gasteiger partial charge in [-0.25, -0.2) is 4.79 Å². The highest BCUT2D eigenvalue weighted by Gasteiger charge is 2.28. The van der Waals surface area contributed by atoms with Crippen molar-refractivity contribution in [1.82, 2.24) is 9.88 Å². The van der Waals surface area contributed by atoms with Crippen LogP contribution in [-0.2, 0) is 16.1 Å². The van der Waals surface area contributed by atoms with E-state index < -0.39 is 29.4 Å². The number of aromatic nitrogens is 1. The number of non-ortho nitro benzene ring substituents is 1. The lowest BCUT2D eigenvalue weighted by Gasteiger charge is -2.21. The first-order valence-corrected chi connectivity index (χ1v) is 11.0. The lowest BCUT2D eigenvalue weighted by molar-refractivity contribution is -0.384. The first-order chi connectivity index (χ1) is 15.5. The predicted octanol–water partition coefficient (Wildman–Crippen LogP) is 4.26. The maximum atomic E-state index is 12.7. The van der Waals surface area contributed by atoms with Crippen LogP contribution in [0.25, 0.3) is 0 Å². The Balaban J connectivity index is 2.08. The van der Waals surface area contributed by atoms with Crippen molar-refractivity contribution in [3.63, 3.8) is 0 Å². The topological polar surface area (TPSA) is 121 Å². The van der Waals surface area contributed by atoms with Crippen molar-refractivity contribution in [2.24, 2.45) is 5.92 Å². The fourth-order valence-corrected chi connectivity index (χ4v) is 3.73. The van der Waals surface area contributed by atoms with Gasteiger partial charge in [0.25, 0.3) is 11.6 Å². The maximum absolute atomic E-state index is 12.7. The number of ether oxygens (including phenoxy) is 1. The summed E-state index contributed by atoms with van der Waals surface area (Å²) in [6, 6.07) is 4.17. The summed E-state index contributed by atoms with van der Waals surface area (Å²) >= 11 is 6.01. The van der Waals surface area contributed by atoms with E-state index >= 15 is 0 Å². The maximum Gasteiger partial charge on any atom is 0.329 e. The van der Waals surface area contributed by atoms with E-state index in [-0.39, 0.29) is 28.0 Å². The monoisotopic (exact) mass is 477 g/mol. The van der Waals surface area contributed by atoms with Gasteiger partial charge in [-0.15, -0.1) is 0 Å². The fourth-order valence-electron chi connectivity index (χ4n) is 3.47. The molecule has 1 N–H and O–H groups in total. The molecule has 0 unspecified atom stereocenters. The molecule has 10 heteroatoms. The van der Waals surface area contributed by atoms with E-state index in [1.165, 1.54) is 6.07 Å². The summed E-state index contributed by atoms with van der Waals surface area (Å²) in [5, 5.41) is 13.3. The molecule has 2 rings (SSSR count). The van der Waals surface area contributed by atoms with Gasteiger partial charge in [-0.1, -0.05) is 32.4 Å². The van der Waals surface area contributed by atoms with Crippen LogP contribution in [0, 0.1) is 29.9 Å². The number of hydrogen-bond acceptors (Lipinski definition) is 6. The Morgan fingerprint density at radius 2 is 1.85 bits per heavy atom. The highest BCUT2D eigenvalue weighted by Crippen LogP contribution is 2.23. The van der Waals surface area contributed by atoms with Crippen molar-refractivity contribution in [2.45, 2.75) is 53.6 Å². The van der Waals surface area contributed by atoms with Gasteiger partial charge in [0.1, 0.15) is 6.04 Å². The molecule has 33 heavy (non-hydrogen) atoms.